The third kappa shape index (κ3) is 1.93. The Morgan fingerprint density at radius 1 is 1.17 bits per heavy atom. The predicted molar refractivity (Wildman–Crippen MR) is 73.9 cm³/mol. The molecule has 0 radical (unpaired) electrons. The highest BCUT2D eigenvalue weighted by atomic mass is 16.5. The largest absolute Gasteiger partial charge is 0.487 e. The first kappa shape index (κ1) is 12.0. The molecule has 2 heteroatoms. The van der Waals surface area contributed by atoms with Gasteiger partial charge in [-0.15, -0.1) is 0 Å². The molecule has 2 N–H and O–H groups in total. The second-order valence-corrected chi connectivity index (χ2v) is 6.15. The van der Waals surface area contributed by atoms with Gasteiger partial charge in [0.2, 0.25) is 0 Å². The molecule has 0 aromatic heterocycles. The summed E-state index contributed by atoms with van der Waals surface area (Å²) in [4.78, 5) is 0. The summed E-state index contributed by atoms with van der Waals surface area (Å²) in [5, 5.41) is 0. The van der Waals surface area contributed by atoms with Crippen LogP contribution in [-0.4, -0.2) is 5.60 Å². The summed E-state index contributed by atoms with van der Waals surface area (Å²) in [7, 11) is 0. The minimum atomic E-state index is 0.0326. The van der Waals surface area contributed by atoms with E-state index in [-0.39, 0.29) is 11.6 Å². The highest BCUT2D eigenvalue weighted by Crippen LogP contribution is 2.46. The monoisotopic (exact) mass is 245 g/mol. The van der Waals surface area contributed by atoms with Gasteiger partial charge in [-0.1, -0.05) is 12.5 Å². The lowest BCUT2D eigenvalue weighted by atomic mass is 9.76. The van der Waals surface area contributed by atoms with Gasteiger partial charge in [0.15, 0.2) is 0 Å². The highest BCUT2D eigenvalue weighted by Gasteiger charge is 2.41. The lowest BCUT2D eigenvalue weighted by molar-refractivity contribution is 0.00172. The van der Waals surface area contributed by atoms with E-state index in [1.54, 1.807) is 0 Å². The summed E-state index contributed by atoms with van der Waals surface area (Å²) in [6, 6.07) is 4.52. The van der Waals surface area contributed by atoms with Gasteiger partial charge in [-0.25, -0.2) is 0 Å². The number of ether oxygens (including phenoxy) is 1. The molecular weight excluding hydrogens is 222 g/mol. The molecule has 1 aliphatic heterocycles. The van der Waals surface area contributed by atoms with Gasteiger partial charge in [-0.05, 0) is 56.7 Å². The average molecular weight is 245 g/mol. The second kappa shape index (κ2) is 4.27. The van der Waals surface area contributed by atoms with Crippen molar-refractivity contribution in [3.63, 3.8) is 0 Å². The molecule has 0 saturated heterocycles. The van der Waals surface area contributed by atoms with Gasteiger partial charge in [0.05, 0.1) is 0 Å². The van der Waals surface area contributed by atoms with Crippen LogP contribution in [0.25, 0.3) is 0 Å². The average Bonchev–Trinajstić information content (AvgIpc) is 2.27. The molecule has 1 saturated carbocycles. The number of benzene rings is 1. The molecule has 1 aromatic rings. The van der Waals surface area contributed by atoms with E-state index in [0.717, 1.165) is 12.2 Å². The number of nitrogens with two attached hydrogens (primary N) is 1. The summed E-state index contributed by atoms with van der Waals surface area (Å²) in [5.74, 6) is 1.05. The first-order valence-corrected chi connectivity index (χ1v) is 7.15. The number of fused-ring (bicyclic) bond motifs is 1. The van der Waals surface area contributed by atoms with E-state index >= 15 is 0 Å². The zero-order valence-corrected chi connectivity index (χ0v) is 11.5. The molecule has 1 aromatic carbocycles. The molecule has 1 atom stereocenters. The Bertz CT molecular complexity index is 460. The summed E-state index contributed by atoms with van der Waals surface area (Å²) in [5.41, 5.74) is 10.2. The highest BCUT2D eigenvalue weighted by molar-refractivity contribution is 5.47. The Balaban J connectivity index is 2.01. The van der Waals surface area contributed by atoms with Crippen LogP contribution in [0.4, 0.5) is 0 Å². The zero-order chi connectivity index (χ0) is 12.8. The fourth-order valence-electron chi connectivity index (χ4n) is 3.78. The van der Waals surface area contributed by atoms with Crippen molar-refractivity contribution in [3.8, 4) is 5.75 Å². The minimum absolute atomic E-state index is 0.0326. The van der Waals surface area contributed by atoms with Gasteiger partial charge in [-0.3, -0.25) is 0 Å². The Morgan fingerprint density at radius 2 is 1.89 bits per heavy atom. The van der Waals surface area contributed by atoms with Gasteiger partial charge in [-0.2, -0.15) is 0 Å². The fraction of sp³-hybridized carbons (Fsp3) is 0.625. The Morgan fingerprint density at radius 3 is 2.61 bits per heavy atom. The maximum Gasteiger partial charge on any atom is 0.125 e. The van der Waals surface area contributed by atoms with Crippen LogP contribution in [0.5, 0.6) is 5.75 Å². The maximum atomic E-state index is 6.42. The molecule has 1 spiro atoms. The number of hydrogen-bond donors (Lipinski definition) is 1. The van der Waals surface area contributed by atoms with Crippen LogP contribution in [0.3, 0.4) is 0 Å². The number of aryl methyl sites for hydroxylation is 2. The molecule has 1 aliphatic carbocycles. The van der Waals surface area contributed by atoms with Gasteiger partial charge in [0.1, 0.15) is 11.4 Å². The van der Waals surface area contributed by atoms with Gasteiger partial charge >= 0.3 is 0 Å². The Labute approximate surface area is 110 Å². The third-order valence-electron chi connectivity index (χ3n) is 4.55. The van der Waals surface area contributed by atoms with Crippen LogP contribution in [-0.2, 0) is 0 Å². The van der Waals surface area contributed by atoms with E-state index in [9.17, 15) is 0 Å². The van der Waals surface area contributed by atoms with E-state index < -0.39 is 0 Å². The van der Waals surface area contributed by atoms with Crippen molar-refractivity contribution < 1.29 is 4.74 Å². The predicted octanol–water partition coefficient (Wildman–Crippen LogP) is 3.79. The first-order valence-electron chi connectivity index (χ1n) is 7.15. The van der Waals surface area contributed by atoms with E-state index in [1.165, 1.54) is 48.8 Å². The van der Waals surface area contributed by atoms with Crippen LogP contribution in [0, 0.1) is 13.8 Å². The van der Waals surface area contributed by atoms with Crippen LogP contribution < -0.4 is 10.5 Å². The maximum absolute atomic E-state index is 6.42. The van der Waals surface area contributed by atoms with Crippen molar-refractivity contribution in [2.75, 3.05) is 0 Å². The molecule has 3 rings (SSSR count). The van der Waals surface area contributed by atoms with E-state index in [0.29, 0.717) is 0 Å². The Kier molecular flexibility index (Phi) is 2.86. The van der Waals surface area contributed by atoms with E-state index in [4.69, 9.17) is 10.5 Å². The lowest BCUT2D eigenvalue weighted by Crippen LogP contribution is -2.44. The molecule has 2 aliphatic rings. The molecule has 18 heavy (non-hydrogen) atoms. The quantitative estimate of drug-likeness (QED) is 0.754. The van der Waals surface area contributed by atoms with Crippen molar-refractivity contribution in [1.82, 2.24) is 0 Å². The summed E-state index contributed by atoms with van der Waals surface area (Å²) >= 11 is 0. The van der Waals surface area contributed by atoms with Crippen LogP contribution >= 0.6 is 0 Å². The van der Waals surface area contributed by atoms with Gasteiger partial charge in [0.25, 0.3) is 0 Å². The standard InChI is InChI=1S/C16H23NO/c1-11-8-12(2)15-13(17)10-16(18-14(15)9-11)6-4-3-5-7-16/h8-9,13H,3-7,10,17H2,1-2H3. The summed E-state index contributed by atoms with van der Waals surface area (Å²) in [6.45, 7) is 4.28. The minimum Gasteiger partial charge on any atom is -0.487 e. The number of rotatable bonds is 0. The van der Waals surface area contributed by atoms with Crippen molar-refractivity contribution in [2.45, 2.75) is 64.0 Å². The smallest absolute Gasteiger partial charge is 0.125 e. The topological polar surface area (TPSA) is 35.2 Å². The third-order valence-corrected chi connectivity index (χ3v) is 4.55. The van der Waals surface area contributed by atoms with Gasteiger partial charge < -0.3 is 10.5 Å². The van der Waals surface area contributed by atoms with Gasteiger partial charge in [0, 0.05) is 18.0 Å². The van der Waals surface area contributed by atoms with Crippen molar-refractivity contribution >= 4 is 0 Å². The molecular formula is C16H23NO. The van der Waals surface area contributed by atoms with Crippen molar-refractivity contribution in [1.29, 1.82) is 0 Å². The van der Waals surface area contributed by atoms with E-state index in [1.807, 2.05) is 0 Å². The fourth-order valence-corrected chi connectivity index (χ4v) is 3.78. The molecule has 2 nitrogen and oxygen atoms in total. The number of hydrogen-bond acceptors (Lipinski definition) is 2. The van der Waals surface area contributed by atoms with Crippen LogP contribution in [0.2, 0.25) is 0 Å². The van der Waals surface area contributed by atoms with Crippen molar-refractivity contribution in [3.05, 3.63) is 28.8 Å². The zero-order valence-electron chi connectivity index (χ0n) is 11.5. The first-order chi connectivity index (χ1) is 8.60. The summed E-state index contributed by atoms with van der Waals surface area (Å²) in [6.07, 6.45) is 7.25. The second-order valence-electron chi connectivity index (χ2n) is 6.15. The normalized spacial score (nSPS) is 25.6. The molecule has 0 bridgehead atoms. The molecule has 0 amide bonds. The molecule has 1 unspecified atom stereocenters. The summed E-state index contributed by atoms with van der Waals surface area (Å²) < 4.78 is 6.41. The van der Waals surface area contributed by atoms with Crippen LogP contribution in [0.15, 0.2) is 12.1 Å². The lowest BCUT2D eigenvalue weighted by Gasteiger charge is -2.44. The Hall–Kier alpha value is -1.02. The molecule has 98 valence electrons. The molecule has 1 fully saturated rings. The van der Waals surface area contributed by atoms with E-state index in [2.05, 4.69) is 26.0 Å². The van der Waals surface area contributed by atoms with Crippen molar-refractivity contribution in [2.24, 2.45) is 5.73 Å². The molecule has 1 heterocycles. The SMILES string of the molecule is Cc1cc(C)c2c(c1)OC1(CCCCC1)CC2N. The van der Waals surface area contributed by atoms with Crippen LogP contribution in [0.1, 0.15) is 61.3 Å².